The number of thioether (sulfide) groups is 1. The van der Waals surface area contributed by atoms with Crippen molar-refractivity contribution >= 4 is 35.2 Å². The molecule has 1 N–H and O–H groups in total. The van der Waals surface area contributed by atoms with Crippen LogP contribution in [0.25, 0.3) is 0 Å². The van der Waals surface area contributed by atoms with Crippen LogP contribution >= 0.6 is 23.4 Å². The molecule has 0 bridgehead atoms. The number of carbonyl (C=O) groups is 2. The van der Waals surface area contributed by atoms with Crippen molar-refractivity contribution in [3.8, 4) is 5.75 Å². The van der Waals surface area contributed by atoms with E-state index in [1.54, 1.807) is 19.1 Å². The highest BCUT2D eigenvalue weighted by molar-refractivity contribution is 7.99. The maximum atomic E-state index is 13.0. The Morgan fingerprint density at radius 1 is 1.10 bits per heavy atom. The number of benzene rings is 2. The van der Waals surface area contributed by atoms with Gasteiger partial charge in [-0.2, -0.15) is 0 Å². The third-order valence-corrected chi connectivity index (χ3v) is 5.79. The fourth-order valence-electron chi connectivity index (χ4n) is 2.93. The SMILES string of the molecule is CCC(C(=O)NC)N(Cc1ccc(OC)cc1)C(=O)CSCc1ccc(Cl)cc1. The summed E-state index contributed by atoms with van der Waals surface area (Å²) in [5, 5.41) is 3.36. The van der Waals surface area contributed by atoms with Crippen molar-refractivity contribution in [2.45, 2.75) is 31.7 Å². The average Bonchev–Trinajstić information content (AvgIpc) is 2.75. The van der Waals surface area contributed by atoms with Crippen LogP contribution in [0.3, 0.4) is 0 Å². The van der Waals surface area contributed by atoms with E-state index in [4.69, 9.17) is 16.3 Å². The molecule has 5 nitrogen and oxygen atoms in total. The first-order valence-electron chi connectivity index (χ1n) is 9.44. The molecule has 2 amide bonds. The predicted molar refractivity (Wildman–Crippen MR) is 119 cm³/mol. The first-order chi connectivity index (χ1) is 14.0. The van der Waals surface area contributed by atoms with Crippen molar-refractivity contribution in [1.82, 2.24) is 10.2 Å². The lowest BCUT2D eigenvalue weighted by atomic mass is 10.1. The second-order valence-electron chi connectivity index (χ2n) is 6.53. The van der Waals surface area contributed by atoms with E-state index in [0.717, 1.165) is 16.9 Å². The highest BCUT2D eigenvalue weighted by Gasteiger charge is 2.27. The highest BCUT2D eigenvalue weighted by Crippen LogP contribution is 2.19. The normalized spacial score (nSPS) is 11.6. The molecule has 2 rings (SSSR count). The number of nitrogens with zero attached hydrogens (tertiary/aromatic N) is 1. The lowest BCUT2D eigenvalue weighted by molar-refractivity contribution is -0.139. The lowest BCUT2D eigenvalue weighted by Gasteiger charge is -2.30. The first kappa shape index (κ1) is 23.1. The standard InChI is InChI=1S/C22H27ClN2O3S/c1-4-20(22(27)24-2)25(13-16-7-11-19(28-3)12-8-16)21(26)15-29-14-17-5-9-18(23)10-6-17/h5-12,20H,4,13-15H2,1-3H3,(H,24,27). The lowest BCUT2D eigenvalue weighted by Crippen LogP contribution is -2.48. The largest absolute Gasteiger partial charge is 0.497 e. The molecular formula is C22H27ClN2O3S. The Balaban J connectivity index is 2.08. The van der Waals surface area contributed by atoms with Gasteiger partial charge in [-0.1, -0.05) is 42.8 Å². The van der Waals surface area contributed by atoms with Gasteiger partial charge in [-0.05, 0) is 41.8 Å². The van der Waals surface area contributed by atoms with Crippen LogP contribution < -0.4 is 10.1 Å². The number of nitrogens with one attached hydrogen (secondary N) is 1. The van der Waals surface area contributed by atoms with Crippen LogP contribution in [0.2, 0.25) is 5.02 Å². The summed E-state index contributed by atoms with van der Waals surface area (Å²) < 4.78 is 5.19. The molecule has 1 unspecified atom stereocenters. The van der Waals surface area contributed by atoms with E-state index < -0.39 is 6.04 Å². The van der Waals surface area contributed by atoms with Crippen LogP contribution in [0.15, 0.2) is 48.5 Å². The van der Waals surface area contributed by atoms with Gasteiger partial charge in [0.05, 0.1) is 12.9 Å². The molecule has 0 fully saturated rings. The summed E-state index contributed by atoms with van der Waals surface area (Å²) >= 11 is 7.44. The number of hydrogen-bond acceptors (Lipinski definition) is 4. The van der Waals surface area contributed by atoms with Gasteiger partial charge in [0.15, 0.2) is 0 Å². The molecule has 1 atom stereocenters. The van der Waals surface area contributed by atoms with Crippen molar-refractivity contribution in [2.75, 3.05) is 19.9 Å². The molecule has 0 saturated heterocycles. The number of amides is 2. The minimum absolute atomic E-state index is 0.0600. The summed E-state index contributed by atoms with van der Waals surface area (Å²) in [6, 6.07) is 14.6. The molecule has 7 heteroatoms. The number of methoxy groups -OCH3 is 1. The van der Waals surface area contributed by atoms with Gasteiger partial charge in [0.1, 0.15) is 11.8 Å². The maximum absolute atomic E-state index is 13.0. The smallest absolute Gasteiger partial charge is 0.242 e. The molecule has 2 aromatic carbocycles. The number of likely N-dealkylation sites (N-methyl/N-ethyl adjacent to an activating group) is 1. The molecule has 29 heavy (non-hydrogen) atoms. The minimum atomic E-state index is -0.509. The Morgan fingerprint density at radius 2 is 1.72 bits per heavy atom. The van der Waals surface area contributed by atoms with Crippen molar-refractivity contribution in [1.29, 1.82) is 0 Å². The monoisotopic (exact) mass is 434 g/mol. The number of carbonyl (C=O) groups excluding carboxylic acids is 2. The molecule has 0 aliphatic rings. The van der Waals surface area contributed by atoms with Crippen LogP contribution in [0.5, 0.6) is 5.75 Å². The van der Waals surface area contributed by atoms with Gasteiger partial charge in [-0.15, -0.1) is 11.8 Å². The van der Waals surface area contributed by atoms with Gasteiger partial charge in [-0.25, -0.2) is 0 Å². The van der Waals surface area contributed by atoms with E-state index in [0.29, 0.717) is 29.5 Å². The third kappa shape index (κ3) is 6.98. The molecule has 0 aliphatic heterocycles. The minimum Gasteiger partial charge on any atom is -0.497 e. The average molecular weight is 435 g/mol. The molecule has 0 aromatic heterocycles. The zero-order chi connectivity index (χ0) is 21.2. The van der Waals surface area contributed by atoms with E-state index in [1.807, 2.05) is 55.5 Å². The number of rotatable bonds is 10. The van der Waals surface area contributed by atoms with Crippen LogP contribution in [0.1, 0.15) is 24.5 Å². The quantitative estimate of drug-likeness (QED) is 0.610. The molecule has 2 aromatic rings. The number of halogens is 1. The van der Waals surface area contributed by atoms with Crippen LogP contribution in [0.4, 0.5) is 0 Å². The Labute approximate surface area is 181 Å². The summed E-state index contributed by atoms with van der Waals surface area (Å²) in [5.74, 6) is 1.54. The second-order valence-corrected chi connectivity index (χ2v) is 7.95. The number of ether oxygens (including phenoxy) is 1. The molecule has 0 aliphatic carbocycles. The summed E-state index contributed by atoms with van der Waals surface area (Å²) in [6.07, 6.45) is 0.545. The van der Waals surface area contributed by atoms with Crippen LogP contribution in [0, 0.1) is 0 Å². The van der Waals surface area contributed by atoms with Gasteiger partial charge in [-0.3, -0.25) is 9.59 Å². The zero-order valence-corrected chi connectivity index (χ0v) is 18.6. The van der Waals surface area contributed by atoms with E-state index in [2.05, 4.69) is 5.32 Å². The van der Waals surface area contributed by atoms with Gasteiger partial charge < -0.3 is 15.0 Å². The summed E-state index contributed by atoms with van der Waals surface area (Å²) in [5.41, 5.74) is 2.05. The Bertz CT molecular complexity index is 797. The van der Waals surface area contributed by atoms with E-state index >= 15 is 0 Å². The molecule has 0 saturated carbocycles. The van der Waals surface area contributed by atoms with Crippen molar-refractivity contribution in [3.63, 3.8) is 0 Å². The summed E-state index contributed by atoms with van der Waals surface area (Å²) in [7, 11) is 3.21. The summed E-state index contributed by atoms with van der Waals surface area (Å²) in [6.45, 7) is 2.28. The van der Waals surface area contributed by atoms with Gasteiger partial charge in [0.2, 0.25) is 11.8 Å². The molecular weight excluding hydrogens is 408 g/mol. The molecule has 0 heterocycles. The topological polar surface area (TPSA) is 58.6 Å². The number of hydrogen-bond donors (Lipinski definition) is 1. The van der Waals surface area contributed by atoms with E-state index in [1.165, 1.54) is 11.8 Å². The summed E-state index contributed by atoms with van der Waals surface area (Å²) in [4.78, 5) is 27.0. The van der Waals surface area contributed by atoms with Crippen molar-refractivity contribution in [3.05, 3.63) is 64.7 Å². The Morgan fingerprint density at radius 3 is 2.28 bits per heavy atom. The van der Waals surface area contributed by atoms with E-state index in [9.17, 15) is 9.59 Å². The Hall–Kier alpha value is -2.18. The molecule has 0 radical (unpaired) electrons. The fourth-order valence-corrected chi connectivity index (χ4v) is 3.93. The molecule has 156 valence electrons. The van der Waals surface area contributed by atoms with Crippen molar-refractivity contribution < 1.29 is 14.3 Å². The Kier molecular flexibility index (Phi) is 9.35. The van der Waals surface area contributed by atoms with Crippen LogP contribution in [-0.4, -0.2) is 42.7 Å². The molecule has 0 spiro atoms. The van der Waals surface area contributed by atoms with Crippen molar-refractivity contribution in [2.24, 2.45) is 0 Å². The fraction of sp³-hybridized carbons (Fsp3) is 0.364. The third-order valence-electron chi connectivity index (χ3n) is 4.55. The van der Waals surface area contributed by atoms with Gasteiger partial charge >= 0.3 is 0 Å². The second kappa shape index (κ2) is 11.7. The van der Waals surface area contributed by atoms with E-state index in [-0.39, 0.29) is 11.8 Å². The van der Waals surface area contributed by atoms with Crippen LogP contribution in [-0.2, 0) is 21.9 Å². The van der Waals surface area contributed by atoms with Gasteiger partial charge in [0.25, 0.3) is 0 Å². The van der Waals surface area contributed by atoms with Gasteiger partial charge in [0, 0.05) is 24.4 Å². The zero-order valence-electron chi connectivity index (χ0n) is 17.0. The predicted octanol–water partition coefficient (Wildman–Crippen LogP) is 4.14. The maximum Gasteiger partial charge on any atom is 0.242 e. The first-order valence-corrected chi connectivity index (χ1v) is 11.0. The highest BCUT2D eigenvalue weighted by atomic mass is 35.5.